The Bertz CT molecular complexity index is 1310. The maximum atomic E-state index is 14.4. The van der Waals surface area contributed by atoms with Gasteiger partial charge in [0.2, 0.25) is 0 Å². The van der Waals surface area contributed by atoms with Crippen LogP contribution in [0.1, 0.15) is 29.4 Å². The van der Waals surface area contributed by atoms with Gasteiger partial charge in [-0.3, -0.25) is 9.48 Å². The van der Waals surface area contributed by atoms with Gasteiger partial charge in [-0.15, -0.1) is 0 Å². The van der Waals surface area contributed by atoms with Crippen molar-refractivity contribution in [2.24, 2.45) is 0 Å². The van der Waals surface area contributed by atoms with Crippen LogP contribution in [0.15, 0.2) is 36.8 Å². The summed E-state index contributed by atoms with van der Waals surface area (Å²) in [5.41, 5.74) is 3.00. The first-order valence-corrected chi connectivity index (χ1v) is 10.3. The van der Waals surface area contributed by atoms with E-state index in [4.69, 9.17) is 0 Å². The fraction of sp³-hybridized carbons (Fsp3) is 0.318. The molecule has 1 fully saturated rings. The van der Waals surface area contributed by atoms with Gasteiger partial charge in [0.15, 0.2) is 11.5 Å². The fourth-order valence-corrected chi connectivity index (χ4v) is 4.14. The zero-order valence-corrected chi connectivity index (χ0v) is 17.3. The topological polar surface area (TPSA) is 67.5 Å². The Morgan fingerprint density at radius 2 is 2.13 bits per heavy atom. The molecule has 1 amide bonds. The van der Waals surface area contributed by atoms with E-state index in [0.717, 1.165) is 11.1 Å². The first-order valence-electron chi connectivity index (χ1n) is 10.3. The molecule has 1 aromatic carbocycles. The lowest BCUT2D eigenvalue weighted by Gasteiger charge is -2.19. The fourth-order valence-electron chi connectivity index (χ4n) is 4.14. The Balaban J connectivity index is 1.52. The van der Waals surface area contributed by atoms with Crippen LogP contribution in [0.5, 0.6) is 0 Å². The zero-order valence-electron chi connectivity index (χ0n) is 17.3. The van der Waals surface area contributed by atoms with Gasteiger partial charge in [-0.2, -0.15) is 5.10 Å². The smallest absolute Gasteiger partial charge is 0.257 e. The molecular weight excluding hydrogens is 402 g/mol. The third kappa shape index (κ3) is 3.39. The number of aryl methyl sites for hydroxylation is 2. The highest BCUT2D eigenvalue weighted by Gasteiger charge is 2.25. The predicted molar refractivity (Wildman–Crippen MR) is 115 cm³/mol. The molecule has 7 nitrogen and oxygen atoms in total. The summed E-state index contributed by atoms with van der Waals surface area (Å²) in [4.78, 5) is 19.2. The van der Waals surface area contributed by atoms with E-state index in [2.05, 4.69) is 15.4 Å². The van der Waals surface area contributed by atoms with Crippen LogP contribution in [0.3, 0.4) is 0 Å². The highest BCUT2D eigenvalue weighted by molar-refractivity contribution is 6.13. The van der Waals surface area contributed by atoms with E-state index in [-0.39, 0.29) is 5.65 Å². The number of fused-ring (bicyclic) bond motifs is 2. The lowest BCUT2D eigenvalue weighted by atomic mass is 10.1. The Kier molecular flexibility index (Phi) is 4.60. The summed E-state index contributed by atoms with van der Waals surface area (Å²) < 4.78 is 31.5. The zero-order chi connectivity index (χ0) is 21.7. The van der Waals surface area contributed by atoms with Crippen LogP contribution in [0, 0.1) is 12.7 Å². The number of anilines is 2. The minimum atomic E-state index is -0.851. The molecule has 1 aliphatic heterocycles. The largest absolute Gasteiger partial charge is 0.368 e. The Morgan fingerprint density at radius 3 is 2.87 bits per heavy atom. The van der Waals surface area contributed by atoms with Gasteiger partial charge in [0.05, 0.1) is 16.9 Å². The van der Waals surface area contributed by atoms with Crippen molar-refractivity contribution in [2.75, 3.05) is 23.3 Å². The van der Waals surface area contributed by atoms with Gasteiger partial charge in [0, 0.05) is 55.4 Å². The standard InChI is InChI=1S/C22H22F2N6O/c1-3-30-12-17-19(28-7-6-14(23)10-28)5-4-16(20(17)27-30)22(31)26-15-8-18(24)21-25-13(2)9-29(21)11-15/h4-5,8-9,11-12,14H,3,6-7,10H2,1-2H3,(H,26,31)/t14-/m1/s1. The van der Waals surface area contributed by atoms with Gasteiger partial charge in [-0.05, 0) is 32.4 Å². The van der Waals surface area contributed by atoms with E-state index in [1.54, 1.807) is 34.5 Å². The molecule has 1 atom stereocenters. The van der Waals surface area contributed by atoms with Crippen molar-refractivity contribution < 1.29 is 13.6 Å². The number of pyridine rings is 1. The molecule has 1 N–H and O–H groups in total. The molecule has 1 aliphatic rings. The summed E-state index contributed by atoms with van der Waals surface area (Å²) in [5.74, 6) is -0.908. The number of hydrogen-bond donors (Lipinski definition) is 1. The number of carbonyl (C=O) groups is 1. The van der Waals surface area contributed by atoms with E-state index in [0.29, 0.717) is 48.5 Å². The normalized spacial score (nSPS) is 16.5. The minimum absolute atomic E-state index is 0.209. The van der Waals surface area contributed by atoms with Crippen LogP contribution in [0.25, 0.3) is 16.6 Å². The summed E-state index contributed by atoms with van der Waals surface area (Å²) >= 11 is 0. The number of hydrogen-bond acceptors (Lipinski definition) is 4. The van der Waals surface area contributed by atoms with Crippen molar-refractivity contribution in [2.45, 2.75) is 33.0 Å². The van der Waals surface area contributed by atoms with Gasteiger partial charge >= 0.3 is 0 Å². The van der Waals surface area contributed by atoms with Gasteiger partial charge in [-0.1, -0.05) is 0 Å². The summed E-state index contributed by atoms with van der Waals surface area (Å²) in [6, 6.07) is 4.78. The van der Waals surface area contributed by atoms with Crippen molar-refractivity contribution >= 4 is 33.8 Å². The summed E-state index contributed by atoms with van der Waals surface area (Å²) in [7, 11) is 0. The molecule has 0 bridgehead atoms. The van der Waals surface area contributed by atoms with Crippen molar-refractivity contribution in [3.63, 3.8) is 0 Å². The number of benzene rings is 1. The second kappa shape index (κ2) is 7.33. The highest BCUT2D eigenvalue weighted by Crippen LogP contribution is 2.32. The molecule has 31 heavy (non-hydrogen) atoms. The average Bonchev–Trinajstić information content (AvgIpc) is 3.44. The van der Waals surface area contributed by atoms with Crippen LogP contribution in [0.2, 0.25) is 0 Å². The van der Waals surface area contributed by atoms with Crippen LogP contribution < -0.4 is 10.2 Å². The number of rotatable bonds is 4. The van der Waals surface area contributed by atoms with Crippen molar-refractivity contribution in [1.29, 1.82) is 0 Å². The van der Waals surface area contributed by atoms with Gasteiger partial charge in [0.1, 0.15) is 11.7 Å². The molecule has 1 saturated heterocycles. The maximum absolute atomic E-state index is 14.4. The van der Waals surface area contributed by atoms with E-state index in [1.165, 1.54) is 6.07 Å². The van der Waals surface area contributed by atoms with Gasteiger partial charge < -0.3 is 14.6 Å². The second-order valence-electron chi connectivity index (χ2n) is 7.86. The molecule has 0 spiro atoms. The number of halogens is 2. The third-order valence-corrected chi connectivity index (χ3v) is 5.63. The first kappa shape index (κ1) is 19.5. The summed E-state index contributed by atoms with van der Waals surface area (Å²) in [5, 5.41) is 8.13. The van der Waals surface area contributed by atoms with E-state index < -0.39 is 17.9 Å². The molecule has 160 valence electrons. The number of nitrogens with zero attached hydrogens (tertiary/aromatic N) is 5. The molecule has 5 rings (SSSR count). The van der Waals surface area contributed by atoms with Crippen LogP contribution in [-0.4, -0.2) is 44.3 Å². The van der Waals surface area contributed by atoms with E-state index in [9.17, 15) is 13.6 Å². The maximum Gasteiger partial charge on any atom is 0.257 e. The molecule has 0 unspecified atom stereocenters. The predicted octanol–water partition coefficient (Wildman–Crippen LogP) is 3.95. The quantitative estimate of drug-likeness (QED) is 0.539. The molecule has 0 saturated carbocycles. The highest BCUT2D eigenvalue weighted by atomic mass is 19.1. The number of aromatic nitrogens is 4. The SMILES string of the molecule is CCn1cc2c(N3CC[C@@H](F)C3)ccc(C(=O)Nc3cc(F)c4nc(C)cn4c3)c2n1. The monoisotopic (exact) mass is 424 g/mol. The Morgan fingerprint density at radius 1 is 1.29 bits per heavy atom. The molecule has 4 aromatic rings. The number of carbonyl (C=O) groups excluding carboxylic acids is 1. The van der Waals surface area contributed by atoms with Crippen LogP contribution >= 0.6 is 0 Å². The average molecular weight is 424 g/mol. The minimum Gasteiger partial charge on any atom is -0.368 e. The summed E-state index contributed by atoms with van der Waals surface area (Å²) in [6.45, 7) is 5.34. The Labute approximate surface area is 177 Å². The van der Waals surface area contributed by atoms with Crippen LogP contribution in [0.4, 0.5) is 20.2 Å². The Hall–Kier alpha value is -3.49. The van der Waals surface area contributed by atoms with Crippen molar-refractivity contribution in [1.82, 2.24) is 19.2 Å². The number of alkyl halides is 1. The van der Waals surface area contributed by atoms with Crippen LogP contribution in [-0.2, 0) is 6.54 Å². The number of nitrogens with one attached hydrogen (secondary N) is 1. The van der Waals surface area contributed by atoms with Crippen molar-refractivity contribution in [3.8, 4) is 0 Å². The summed E-state index contributed by atoms with van der Waals surface area (Å²) in [6.07, 6.45) is 4.84. The lowest BCUT2D eigenvalue weighted by Crippen LogP contribution is -2.20. The first-order chi connectivity index (χ1) is 14.9. The molecule has 0 radical (unpaired) electrons. The second-order valence-corrected chi connectivity index (χ2v) is 7.86. The van der Waals surface area contributed by atoms with E-state index in [1.807, 2.05) is 24.1 Å². The molecule has 0 aliphatic carbocycles. The lowest BCUT2D eigenvalue weighted by molar-refractivity contribution is 0.102. The number of amides is 1. The third-order valence-electron chi connectivity index (χ3n) is 5.63. The molecular formula is C22H22F2N6O. The van der Waals surface area contributed by atoms with Gasteiger partial charge in [-0.25, -0.2) is 13.8 Å². The molecule has 9 heteroatoms. The number of imidazole rings is 1. The molecule has 3 aromatic heterocycles. The van der Waals surface area contributed by atoms with E-state index >= 15 is 0 Å². The molecule has 4 heterocycles. The van der Waals surface area contributed by atoms with Crippen molar-refractivity contribution in [3.05, 3.63) is 53.9 Å². The van der Waals surface area contributed by atoms with Gasteiger partial charge in [0.25, 0.3) is 5.91 Å².